The van der Waals surface area contributed by atoms with Gasteiger partial charge in [0.25, 0.3) is 0 Å². The minimum atomic E-state index is -0.284. The second kappa shape index (κ2) is 12.5. The Kier molecular flexibility index (Phi) is 13.2. The second-order valence-corrected chi connectivity index (χ2v) is 5.14. The molecule has 0 heterocycles. The molecule has 0 aromatic heterocycles. The highest BCUT2D eigenvalue weighted by atomic mass is 35.5. The third-order valence-corrected chi connectivity index (χ3v) is 3.36. The van der Waals surface area contributed by atoms with Gasteiger partial charge in [0.05, 0.1) is 18.6 Å². The van der Waals surface area contributed by atoms with E-state index in [0.717, 1.165) is 5.56 Å². The lowest BCUT2D eigenvalue weighted by Gasteiger charge is -2.25. The summed E-state index contributed by atoms with van der Waals surface area (Å²) in [5.74, 6) is -0.413. The first-order valence-corrected chi connectivity index (χ1v) is 6.89. The SMILES string of the molecule is COC(CN)CC(=O)NCC(c1cccc(F)c1)N(C)C.Cl.Cl. The zero-order valence-corrected chi connectivity index (χ0v) is 15.3. The van der Waals surface area contributed by atoms with Crippen LogP contribution in [-0.4, -0.2) is 51.2 Å². The molecule has 3 N–H and O–H groups in total. The number of carbonyl (C=O) groups is 1. The van der Waals surface area contributed by atoms with Gasteiger partial charge >= 0.3 is 0 Å². The Hall–Kier alpha value is -0.920. The highest BCUT2D eigenvalue weighted by Gasteiger charge is 2.17. The molecular formula is C15H26Cl2FN3O2. The van der Waals surface area contributed by atoms with Crippen molar-refractivity contribution in [2.24, 2.45) is 5.73 Å². The van der Waals surface area contributed by atoms with E-state index in [2.05, 4.69) is 5.32 Å². The monoisotopic (exact) mass is 369 g/mol. The van der Waals surface area contributed by atoms with Crippen LogP contribution in [-0.2, 0) is 9.53 Å². The van der Waals surface area contributed by atoms with Crippen molar-refractivity contribution >= 4 is 30.7 Å². The second-order valence-electron chi connectivity index (χ2n) is 5.14. The van der Waals surface area contributed by atoms with E-state index in [1.54, 1.807) is 6.07 Å². The molecule has 2 atom stereocenters. The fourth-order valence-corrected chi connectivity index (χ4v) is 2.06. The van der Waals surface area contributed by atoms with Crippen LogP contribution in [0.5, 0.6) is 0 Å². The van der Waals surface area contributed by atoms with E-state index in [4.69, 9.17) is 10.5 Å². The quantitative estimate of drug-likeness (QED) is 0.732. The molecule has 0 fully saturated rings. The lowest BCUT2D eigenvalue weighted by molar-refractivity contribution is -0.123. The Labute approximate surface area is 149 Å². The summed E-state index contributed by atoms with van der Waals surface area (Å²) < 4.78 is 18.4. The number of likely N-dealkylation sites (N-methyl/N-ethyl adjacent to an activating group) is 1. The zero-order chi connectivity index (χ0) is 15.8. The maximum atomic E-state index is 13.3. The number of carbonyl (C=O) groups excluding carboxylic acids is 1. The number of amides is 1. The summed E-state index contributed by atoms with van der Waals surface area (Å²) in [6, 6.07) is 6.30. The van der Waals surface area contributed by atoms with Crippen LogP contribution in [0.4, 0.5) is 4.39 Å². The number of hydrogen-bond donors (Lipinski definition) is 2. The van der Waals surface area contributed by atoms with Gasteiger partial charge in [-0.15, -0.1) is 24.8 Å². The summed E-state index contributed by atoms with van der Waals surface area (Å²) in [4.78, 5) is 13.8. The van der Waals surface area contributed by atoms with Crippen LogP contribution in [0, 0.1) is 5.82 Å². The number of halogens is 3. The molecule has 0 saturated heterocycles. The van der Waals surface area contributed by atoms with Gasteiger partial charge in [0, 0.05) is 20.2 Å². The third kappa shape index (κ3) is 8.48. The van der Waals surface area contributed by atoms with Crippen LogP contribution in [0.25, 0.3) is 0 Å². The van der Waals surface area contributed by atoms with Crippen molar-refractivity contribution in [3.05, 3.63) is 35.6 Å². The van der Waals surface area contributed by atoms with Gasteiger partial charge in [0.2, 0.25) is 5.91 Å². The van der Waals surface area contributed by atoms with Crippen LogP contribution in [0.15, 0.2) is 24.3 Å². The Morgan fingerprint density at radius 2 is 2.04 bits per heavy atom. The molecule has 23 heavy (non-hydrogen) atoms. The van der Waals surface area contributed by atoms with Crippen molar-refractivity contribution in [3.8, 4) is 0 Å². The highest BCUT2D eigenvalue weighted by molar-refractivity contribution is 5.85. The first-order chi connectivity index (χ1) is 9.97. The molecule has 0 aliphatic rings. The van der Waals surface area contributed by atoms with Crippen molar-refractivity contribution in [2.45, 2.75) is 18.6 Å². The maximum absolute atomic E-state index is 13.3. The summed E-state index contributed by atoms with van der Waals surface area (Å²) in [5.41, 5.74) is 6.31. The minimum Gasteiger partial charge on any atom is -0.380 e. The Balaban J connectivity index is 0. The summed E-state index contributed by atoms with van der Waals surface area (Å²) in [6.45, 7) is 0.696. The van der Waals surface area contributed by atoms with Crippen LogP contribution < -0.4 is 11.1 Å². The molecule has 0 bridgehead atoms. The first kappa shape index (κ1) is 24.3. The van der Waals surface area contributed by atoms with Crippen molar-refractivity contribution in [2.75, 3.05) is 34.3 Å². The smallest absolute Gasteiger partial charge is 0.222 e. The molecule has 1 amide bonds. The molecular weight excluding hydrogens is 344 g/mol. The first-order valence-electron chi connectivity index (χ1n) is 6.89. The number of nitrogens with zero attached hydrogens (tertiary/aromatic N) is 1. The number of ether oxygens (including phenoxy) is 1. The standard InChI is InChI=1S/C15H24FN3O2.2ClH/c1-19(2)14(11-5-4-6-12(16)7-11)10-18-15(20)8-13(9-17)21-3;;/h4-7,13-14H,8-10,17H2,1-3H3,(H,18,20);2*1H. The lowest BCUT2D eigenvalue weighted by Crippen LogP contribution is -2.37. The van der Waals surface area contributed by atoms with Gasteiger partial charge in [-0.2, -0.15) is 0 Å². The van der Waals surface area contributed by atoms with Gasteiger partial charge in [0.1, 0.15) is 5.82 Å². The number of nitrogens with one attached hydrogen (secondary N) is 1. The number of methoxy groups -OCH3 is 1. The Bertz CT molecular complexity index is 460. The van der Waals surface area contributed by atoms with Crippen molar-refractivity contribution in [3.63, 3.8) is 0 Å². The average Bonchev–Trinajstić information content (AvgIpc) is 2.44. The summed E-state index contributed by atoms with van der Waals surface area (Å²) in [6.07, 6.45) is -0.0620. The zero-order valence-electron chi connectivity index (χ0n) is 13.6. The number of rotatable bonds is 8. The van der Waals surface area contributed by atoms with Crippen molar-refractivity contribution in [1.29, 1.82) is 0 Å². The van der Waals surface area contributed by atoms with Crippen LogP contribution in [0.3, 0.4) is 0 Å². The highest BCUT2D eigenvalue weighted by Crippen LogP contribution is 2.18. The van der Waals surface area contributed by atoms with E-state index in [9.17, 15) is 9.18 Å². The maximum Gasteiger partial charge on any atom is 0.222 e. The van der Waals surface area contributed by atoms with Crippen molar-refractivity contribution in [1.82, 2.24) is 10.2 Å². The molecule has 1 aromatic carbocycles. The Morgan fingerprint density at radius 3 is 2.52 bits per heavy atom. The average molecular weight is 370 g/mol. The Morgan fingerprint density at radius 1 is 1.39 bits per heavy atom. The van der Waals surface area contributed by atoms with Crippen molar-refractivity contribution < 1.29 is 13.9 Å². The van der Waals surface area contributed by atoms with Gasteiger partial charge in [0.15, 0.2) is 0 Å². The van der Waals surface area contributed by atoms with Gasteiger partial charge in [-0.3, -0.25) is 4.79 Å². The molecule has 2 unspecified atom stereocenters. The molecule has 0 aliphatic heterocycles. The number of benzene rings is 1. The van der Waals surface area contributed by atoms with Gasteiger partial charge in [-0.1, -0.05) is 12.1 Å². The topological polar surface area (TPSA) is 67.6 Å². The predicted molar refractivity (Wildman–Crippen MR) is 94.8 cm³/mol. The summed E-state index contributed by atoms with van der Waals surface area (Å²) in [5, 5.41) is 2.84. The molecule has 1 rings (SSSR count). The largest absolute Gasteiger partial charge is 0.380 e. The van der Waals surface area contributed by atoms with E-state index >= 15 is 0 Å². The van der Waals surface area contributed by atoms with Crippen LogP contribution in [0.2, 0.25) is 0 Å². The molecule has 5 nitrogen and oxygen atoms in total. The normalized spacial score (nSPS) is 12.8. The number of nitrogens with two attached hydrogens (primary N) is 1. The van der Waals surface area contributed by atoms with E-state index in [-0.39, 0.29) is 55.1 Å². The molecule has 8 heteroatoms. The van der Waals surface area contributed by atoms with Crippen LogP contribution >= 0.6 is 24.8 Å². The molecule has 0 spiro atoms. The molecule has 0 radical (unpaired) electrons. The van der Waals surface area contributed by atoms with Gasteiger partial charge < -0.3 is 20.7 Å². The fourth-order valence-electron chi connectivity index (χ4n) is 2.06. The van der Waals surface area contributed by atoms with Crippen LogP contribution in [0.1, 0.15) is 18.0 Å². The summed E-state index contributed by atoms with van der Waals surface area (Å²) >= 11 is 0. The van der Waals surface area contributed by atoms with E-state index in [1.807, 2.05) is 25.1 Å². The van der Waals surface area contributed by atoms with E-state index in [1.165, 1.54) is 19.2 Å². The fraction of sp³-hybridized carbons (Fsp3) is 0.533. The third-order valence-electron chi connectivity index (χ3n) is 3.36. The molecule has 134 valence electrons. The molecule has 0 saturated carbocycles. The van der Waals surface area contributed by atoms with E-state index in [0.29, 0.717) is 13.1 Å². The summed E-state index contributed by atoms with van der Waals surface area (Å²) in [7, 11) is 5.30. The molecule has 1 aromatic rings. The van der Waals surface area contributed by atoms with Gasteiger partial charge in [-0.05, 0) is 31.8 Å². The minimum absolute atomic E-state index is 0. The van der Waals surface area contributed by atoms with Gasteiger partial charge in [-0.25, -0.2) is 4.39 Å². The lowest BCUT2D eigenvalue weighted by atomic mass is 10.1. The predicted octanol–water partition coefficient (Wildman–Crippen LogP) is 1.75. The number of hydrogen-bond acceptors (Lipinski definition) is 4. The molecule has 0 aliphatic carbocycles. The van der Waals surface area contributed by atoms with E-state index < -0.39 is 0 Å².